The van der Waals surface area contributed by atoms with Gasteiger partial charge in [-0.3, -0.25) is 0 Å². The molecule has 1 atom stereocenters. The first kappa shape index (κ1) is 13.3. The van der Waals surface area contributed by atoms with Crippen molar-refractivity contribution in [1.82, 2.24) is 5.32 Å². The molecule has 1 aliphatic carbocycles. The van der Waals surface area contributed by atoms with Crippen LogP contribution in [0.25, 0.3) is 0 Å². The number of amidine groups is 1. The van der Waals surface area contributed by atoms with Crippen LogP contribution in [-0.4, -0.2) is 23.6 Å². The molecule has 4 N–H and O–H groups in total. The highest BCUT2D eigenvalue weighted by Gasteiger charge is 2.27. The fraction of sp³-hybridized carbons (Fsp3) is 0.917. The van der Waals surface area contributed by atoms with Gasteiger partial charge in [-0.25, -0.2) is 0 Å². The molecule has 0 spiro atoms. The van der Waals surface area contributed by atoms with Gasteiger partial charge in [0.15, 0.2) is 0 Å². The van der Waals surface area contributed by atoms with Crippen LogP contribution in [0.5, 0.6) is 0 Å². The molecule has 0 bridgehead atoms. The van der Waals surface area contributed by atoms with E-state index in [1.54, 1.807) is 0 Å². The van der Waals surface area contributed by atoms with Crippen LogP contribution in [0.1, 0.15) is 52.4 Å². The predicted octanol–water partition coefficient (Wildman–Crippen LogP) is 2.07. The molecule has 1 saturated carbocycles. The molecule has 94 valence electrons. The first-order chi connectivity index (χ1) is 7.53. The van der Waals surface area contributed by atoms with E-state index in [1.165, 1.54) is 25.7 Å². The van der Waals surface area contributed by atoms with E-state index in [9.17, 15) is 0 Å². The molecule has 4 nitrogen and oxygen atoms in total. The van der Waals surface area contributed by atoms with Crippen molar-refractivity contribution in [2.75, 3.05) is 6.54 Å². The Bertz CT molecular complexity index is 238. The van der Waals surface area contributed by atoms with Crippen LogP contribution in [0.15, 0.2) is 5.16 Å². The number of nitrogens with one attached hydrogen (secondary N) is 1. The zero-order chi connectivity index (χ0) is 12.0. The van der Waals surface area contributed by atoms with Crippen molar-refractivity contribution in [3.63, 3.8) is 0 Å². The Hall–Kier alpha value is -0.770. The quantitative estimate of drug-likeness (QED) is 0.221. The van der Waals surface area contributed by atoms with Gasteiger partial charge in [0.25, 0.3) is 0 Å². The molecule has 1 fully saturated rings. The molecule has 16 heavy (non-hydrogen) atoms. The smallest absolute Gasteiger partial charge is 0.139 e. The molecule has 0 aliphatic heterocycles. The molecular weight excluding hydrogens is 202 g/mol. The standard InChI is InChI=1S/C12H25N3O/c1-12(2)7-3-5-10(9-12)14-8-4-6-11(13)15-16/h10,14,16H,3-9H2,1-2H3,(H2,13,15). The molecule has 0 radical (unpaired) electrons. The Morgan fingerprint density at radius 1 is 1.56 bits per heavy atom. The molecule has 0 heterocycles. The summed E-state index contributed by atoms with van der Waals surface area (Å²) >= 11 is 0. The number of oxime groups is 1. The van der Waals surface area contributed by atoms with E-state index in [2.05, 4.69) is 24.3 Å². The third-order valence-electron chi connectivity index (χ3n) is 3.38. The van der Waals surface area contributed by atoms with Crippen LogP contribution in [0.4, 0.5) is 0 Å². The number of rotatable bonds is 5. The molecule has 0 aromatic carbocycles. The zero-order valence-electron chi connectivity index (χ0n) is 10.5. The van der Waals surface area contributed by atoms with Crippen molar-refractivity contribution in [3.8, 4) is 0 Å². The maximum Gasteiger partial charge on any atom is 0.139 e. The molecule has 1 rings (SSSR count). The fourth-order valence-electron chi connectivity index (χ4n) is 2.50. The van der Waals surface area contributed by atoms with E-state index < -0.39 is 0 Å². The number of nitrogens with zero attached hydrogens (tertiary/aromatic N) is 1. The SMILES string of the molecule is CC1(C)CCCC(NCCCC(N)=NO)C1. The minimum Gasteiger partial charge on any atom is -0.409 e. The number of hydrogen-bond donors (Lipinski definition) is 3. The summed E-state index contributed by atoms with van der Waals surface area (Å²) in [5.41, 5.74) is 5.90. The Kier molecular flexibility index (Phi) is 5.06. The highest BCUT2D eigenvalue weighted by Crippen LogP contribution is 2.34. The van der Waals surface area contributed by atoms with Gasteiger partial charge in [0, 0.05) is 12.5 Å². The summed E-state index contributed by atoms with van der Waals surface area (Å²) in [5, 5.41) is 14.9. The van der Waals surface area contributed by atoms with Crippen LogP contribution in [0.2, 0.25) is 0 Å². The number of nitrogens with two attached hydrogens (primary N) is 1. The van der Waals surface area contributed by atoms with Crippen LogP contribution in [-0.2, 0) is 0 Å². The van der Waals surface area contributed by atoms with Crippen molar-refractivity contribution < 1.29 is 5.21 Å². The second-order valence-electron chi connectivity index (χ2n) is 5.61. The molecule has 1 aliphatic rings. The Morgan fingerprint density at radius 3 is 2.94 bits per heavy atom. The first-order valence-electron chi connectivity index (χ1n) is 6.23. The van der Waals surface area contributed by atoms with E-state index in [4.69, 9.17) is 10.9 Å². The molecule has 1 unspecified atom stereocenters. The van der Waals surface area contributed by atoms with Gasteiger partial charge in [-0.2, -0.15) is 0 Å². The van der Waals surface area contributed by atoms with Crippen molar-refractivity contribution in [2.24, 2.45) is 16.3 Å². The van der Waals surface area contributed by atoms with Gasteiger partial charge in [-0.05, 0) is 37.6 Å². The lowest BCUT2D eigenvalue weighted by atomic mass is 9.75. The van der Waals surface area contributed by atoms with Crippen LogP contribution < -0.4 is 11.1 Å². The largest absolute Gasteiger partial charge is 0.409 e. The Morgan fingerprint density at radius 2 is 2.31 bits per heavy atom. The van der Waals surface area contributed by atoms with Crippen LogP contribution in [0.3, 0.4) is 0 Å². The summed E-state index contributed by atoms with van der Waals surface area (Å²) in [5.74, 6) is 0.325. The molecule has 0 saturated heterocycles. The van der Waals surface area contributed by atoms with Gasteiger partial charge in [0.2, 0.25) is 0 Å². The lowest BCUT2D eigenvalue weighted by molar-refractivity contribution is 0.198. The number of hydrogen-bond acceptors (Lipinski definition) is 3. The van der Waals surface area contributed by atoms with E-state index in [0.717, 1.165) is 13.0 Å². The topological polar surface area (TPSA) is 70.6 Å². The van der Waals surface area contributed by atoms with Crippen molar-refractivity contribution >= 4 is 5.84 Å². The third-order valence-corrected chi connectivity index (χ3v) is 3.38. The Balaban J connectivity index is 2.13. The molecule has 4 heteroatoms. The normalized spacial score (nSPS) is 25.6. The minimum atomic E-state index is 0.325. The summed E-state index contributed by atoms with van der Waals surface area (Å²) in [6.45, 7) is 5.64. The highest BCUT2D eigenvalue weighted by molar-refractivity contribution is 5.79. The van der Waals surface area contributed by atoms with E-state index in [0.29, 0.717) is 23.7 Å². The highest BCUT2D eigenvalue weighted by atomic mass is 16.4. The van der Waals surface area contributed by atoms with Crippen molar-refractivity contribution in [2.45, 2.75) is 58.4 Å². The van der Waals surface area contributed by atoms with Gasteiger partial charge in [-0.15, -0.1) is 0 Å². The molecule has 0 aromatic heterocycles. The van der Waals surface area contributed by atoms with Gasteiger partial charge in [-0.1, -0.05) is 25.4 Å². The van der Waals surface area contributed by atoms with Gasteiger partial charge in [0.05, 0.1) is 0 Å². The maximum absolute atomic E-state index is 8.39. The fourth-order valence-corrected chi connectivity index (χ4v) is 2.50. The lowest BCUT2D eigenvalue weighted by Crippen LogP contribution is -2.37. The summed E-state index contributed by atoms with van der Waals surface area (Å²) in [6, 6.07) is 0.649. The minimum absolute atomic E-state index is 0.325. The van der Waals surface area contributed by atoms with Crippen molar-refractivity contribution in [1.29, 1.82) is 0 Å². The monoisotopic (exact) mass is 227 g/mol. The second-order valence-corrected chi connectivity index (χ2v) is 5.61. The summed E-state index contributed by atoms with van der Waals surface area (Å²) in [6.07, 6.45) is 6.82. The summed E-state index contributed by atoms with van der Waals surface area (Å²) < 4.78 is 0. The van der Waals surface area contributed by atoms with Crippen LogP contribution in [0, 0.1) is 5.41 Å². The van der Waals surface area contributed by atoms with Crippen molar-refractivity contribution in [3.05, 3.63) is 0 Å². The third kappa shape index (κ3) is 4.84. The van der Waals surface area contributed by atoms with Crippen LogP contribution >= 0.6 is 0 Å². The van der Waals surface area contributed by atoms with Gasteiger partial charge in [0.1, 0.15) is 5.84 Å². The average molecular weight is 227 g/mol. The lowest BCUT2D eigenvalue weighted by Gasteiger charge is -2.35. The summed E-state index contributed by atoms with van der Waals surface area (Å²) in [4.78, 5) is 0. The predicted molar refractivity (Wildman–Crippen MR) is 66.7 cm³/mol. The van der Waals surface area contributed by atoms with Gasteiger partial charge >= 0.3 is 0 Å². The molecular formula is C12H25N3O. The zero-order valence-corrected chi connectivity index (χ0v) is 10.5. The van der Waals surface area contributed by atoms with E-state index >= 15 is 0 Å². The average Bonchev–Trinajstić information content (AvgIpc) is 2.22. The first-order valence-corrected chi connectivity index (χ1v) is 6.23. The van der Waals surface area contributed by atoms with E-state index in [-0.39, 0.29) is 0 Å². The van der Waals surface area contributed by atoms with E-state index in [1.807, 2.05) is 0 Å². The molecule has 0 aromatic rings. The molecule has 0 amide bonds. The van der Waals surface area contributed by atoms with Gasteiger partial charge < -0.3 is 16.3 Å². The summed E-state index contributed by atoms with van der Waals surface area (Å²) in [7, 11) is 0. The second kappa shape index (κ2) is 6.09. The Labute approximate surface area is 98.3 Å². The maximum atomic E-state index is 8.39.